The average Bonchev–Trinajstić information content (AvgIpc) is 3.20. The number of nitrogens with zero attached hydrogens (tertiary/aromatic N) is 2. The molecule has 2 aromatic rings. The first-order valence-corrected chi connectivity index (χ1v) is 9.26. The van der Waals surface area contributed by atoms with E-state index in [0.717, 1.165) is 30.0 Å². The van der Waals surface area contributed by atoms with Gasteiger partial charge in [-0.15, -0.1) is 0 Å². The predicted octanol–water partition coefficient (Wildman–Crippen LogP) is 2.94. The van der Waals surface area contributed by atoms with Gasteiger partial charge >= 0.3 is 0 Å². The third-order valence-electron chi connectivity index (χ3n) is 5.44. The minimum Gasteiger partial charge on any atom is -0.441 e. The van der Waals surface area contributed by atoms with Crippen LogP contribution in [-0.4, -0.2) is 41.0 Å². The first kappa shape index (κ1) is 16.3. The van der Waals surface area contributed by atoms with Gasteiger partial charge in [0.2, 0.25) is 11.8 Å². The number of carbonyl (C=O) groups excluding carboxylic acids is 1. The van der Waals surface area contributed by atoms with Crippen LogP contribution in [0.4, 0.5) is 0 Å². The Morgan fingerprint density at radius 3 is 2.92 bits per heavy atom. The normalized spacial score (nSPS) is 23.4. The third kappa shape index (κ3) is 3.47. The van der Waals surface area contributed by atoms with E-state index in [4.69, 9.17) is 4.42 Å². The molecule has 0 bridgehead atoms. The molecule has 2 atom stereocenters. The van der Waals surface area contributed by atoms with Crippen LogP contribution in [0.3, 0.4) is 0 Å². The fourth-order valence-corrected chi connectivity index (χ4v) is 4.12. The molecule has 1 N–H and O–H groups in total. The summed E-state index contributed by atoms with van der Waals surface area (Å²) in [5.74, 6) is 1.35. The number of hydrogen-bond acceptors (Lipinski definition) is 4. The second-order valence-corrected chi connectivity index (χ2v) is 7.13. The molecule has 2 saturated heterocycles. The molecule has 1 aromatic carbocycles. The lowest BCUT2D eigenvalue weighted by atomic mass is 9.99. The molecule has 0 unspecified atom stereocenters. The van der Waals surface area contributed by atoms with Gasteiger partial charge in [-0.1, -0.05) is 24.6 Å². The van der Waals surface area contributed by atoms with Crippen LogP contribution >= 0.6 is 0 Å². The van der Waals surface area contributed by atoms with Crippen molar-refractivity contribution in [2.75, 3.05) is 13.1 Å². The maximum absolute atomic E-state index is 12.5. The van der Waals surface area contributed by atoms with Gasteiger partial charge in [-0.25, -0.2) is 4.98 Å². The molecule has 0 spiro atoms. The zero-order valence-electron chi connectivity index (χ0n) is 14.7. The first-order valence-electron chi connectivity index (χ1n) is 9.26. The summed E-state index contributed by atoms with van der Waals surface area (Å²) < 4.78 is 5.76. The SMILES string of the molecule is Cc1oc(-c2ccccc2)nc1CC(=O)N[C@H]1CCN2CCCC[C@H]12. The minimum atomic E-state index is 0.0495. The monoisotopic (exact) mass is 339 g/mol. The highest BCUT2D eigenvalue weighted by Gasteiger charge is 2.36. The Labute approximate surface area is 148 Å². The number of aryl methyl sites for hydroxylation is 1. The molecule has 2 aliphatic heterocycles. The van der Waals surface area contributed by atoms with Gasteiger partial charge in [0.15, 0.2) is 0 Å². The molecule has 5 heteroatoms. The molecule has 132 valence electrons. The number of oxazole rings is 1. The largest absolute Gasteiger partial charge is 0.441 e. The summed E-state index contributed by atoms with van der Waals surface area (Å²) in [6.45, 7) is 4.16. The quantitative estimate of drug-likeness (QED) is 0.930. The topological polar surface area (TPSA) is 58.4 Å². The summed E-state index contributed by atoms with van der Waals surface area (Å²) >= 11 is 0. The molecule has 2 aliphatic rings. The van der Waals surface area contributed by atoms with Crippen molar-refractivity contribution in [2.45, 2.75) is 51.1 Å². The number of piperidine rings is 1. The molecule has 0 aliphatic carbocycles. The van der Waals surface area contributed by atoms with Gasteiger partial charge in [0, 0.05) is 24.2 Å². The number of aromatic nitrogens is 1. The highest BCUT2D eigenvalue weighted by molar-refractivity contribution is 5.79. The van der Waals surface area contributed by atoms with Crippen molar-refractivity contribution in [3.05, 3.63) is 41.8 Å². The summed E-state index contributed by atoms with van der Waals surface area (Å²) in [7, 11) is 0. The standard InChI is InChI=1S/C20H25N3O2/c1-14-17(22-20(25-14)15-7-3-2-4-8-15)13-19(24)21-16-10-12-23-11-6-5-9-18(16)23/h2-4,7-8,16,18H,5-6,9-13H2,1H3,(H,21,24)/t16-,18+/m0/s1. The zero-order valence-corrected chi connectivity index (χ0v) is 14.7. The molecule has 0 radical (unpaired) electrons. The van der Waals surface area contributed by atoms with Crippen molar-refractivity contribution in [2.24, 2.45) is 0 Å². The molecule has 5 nitrogen and oxygen atoms in total. The Morgan fingerprint density at radius 1 is 1.24 bits per heavy atom. The number of rotatable bonds is 4. The average molecular weight is 339 g/mol. The summed E-state index contributed by atoms with van der Waals surface area (Å²) in [5.41, 5.74) is 1.67. The predicted molar refractivity (Wildman–Crippen MR) is 96.1 cm³/mol. The van der Waals surface area contributed by atoms with E-state index in [2.05, 4.69) is 15.2 Å². The summed E-state index contributed by atoms with van der Waals surface area (Å²) in [4.78, 5) is 19.6. The Kier molecular flexibility index (Phi) is 4.57. The van der Waals surface area contributed by atoms with Crippen LogP contribution in [0.25, 0.3) is 11.5 Å². The number of benzene rings is 1. The van der Waals surface area contributed by atoms with Crippen LogP contribution in [0.15, 0.2) is 34.7 Å². The van der Waals surface area contributed by atoms with Crippen molar-refractivity contribution in [3.8, 4) is 11.5 Å². The van der Waals surface area contributed by atoms with E-state index < -0.39 is 0 Å². The van der Waals surface area contributed by atoms with Crippen LogP contribution in [-0.2, 0) is 11.2 Å². The third-order valence-corrected chi connectivity index (χ3v) is 5.44. The molecule has 3 heterocycles. The lowest BCUT2D eigenvalue weighted by molar-refractivity contribution is -0.121. The van der Waals surface area contributed by atoms with Crippen molar-refractivity contribution in [3.63, 3.8) is 0 Å². The van der Waals surface area contributed by atoms with Gasteiger partial charge in [0.1, 0.15) is 5.76 Å². The number of hydrogen-bond donors (Lipinski definition) is 1. The first-order chi connectivity index (χ1) is 12.2. The number of amides is 1. The maximum Gasteiger partial charge on any atom is 0.226 e. The smallest absolute Gasteiger partial charge is 0.226 e. The van der Waals surface area contributed by atoms with Gasteiger partial charge < -0.3 is 9.73 Å². The van der Waals surface area contributed by atoms with Crippen molar-refractivity contribution < 1.29 is 9.21 Å². The van der Waals surface area contributed by atoms with E-state index in [1.54, 1.807) is 0 Å². The second kappa shape index (κ2) is 7.00. The van der Waals surface area contributed by atoms with E-state index in [0.29, 0.717) is 11.9 Å². The Bertz CT molecular complexity index is 741. The molecule has 25 heavy (non-hydrogen) atoms. The van der Waals surface area contributed by atoms with E-state index in [9.17, 15) is 4.79 Å². The van der Waals surface area contributed by atoms with Gasteiger partial charge in [-0.2, -0.15) is 0 Å². The van der Waals surface area contributed by atoms with Gasteiger partial charge in [-0.05, 0) is 44.9 Å². The molecule has 1 amide bonds. The maximum atomic E-state index is 12.5. The molecule has 0 saturated carbocycles. The fraction of sp³-hybridized carbons (Fsp3) is 0.500. The Morgan fingerprint density at radius 2 is 2.08 bits per heavy atom. The van der Waals surface area contributed by atoms with Crippen LogP contribution in [0.1, 0.15) is 37.1 Å². The second-order valence-electron chi connectivity index (χ2n) is 7.13. The summed E-state index contributed by atoms with van der Waals surface area (Å²) in [6, 6.07) is 10.6. The Balaban J connectivity index is 1.40. The fourth-order valence-electron chi connectivity index (χ4n) is 4.12. The van der Waals surface area contributed by atoms with E-state index in [1.807, 2.05) is 37.3 Å². The van der Waals surface area contributed by atoms with Crippen LogP contribution in [0.2, 0.25) is 0 Å². The lowest BCUT2D eigenvalue weighted by Gasteiger charge is -2.32. The van der Waals surface area contributed by atoms with Crippen LogP contribution < -0.4 is 5.32 Å². The highest BCUT2D eigenvalue weighted by Crippen LogP contribution is 2.27. The van der Waals surface area contributed by atoms with E-state index in [1.165, 1.54) is 25.8 Å². The number of nitrogens with one attached hydrogen (secondary N) is 1. The molecular weight excluding hydrogens is 314 g/mol. The van der Waals surface area contributed by atoms with E-state index >= 15 is 0 Å². The van der Waals surface area contributed by atoms with Crippen LogP contribution in [0.5, 0.6) is 0 Å². The van der Waals surface area contributed by atoms with Gasteiger partial charge in [-0.3, -0.25) is 9.69 Å². The van der Waals surface area contributed by atoms with Crippen molar-refractivity contribution in [1.29, 1.82) is 0 Å². The summed E-state index contributed by atoms with van der Waals surface area (Å²) in [5, 5.41) is 3.24. The molecule has 4 rings (SSSR count). The number of carbonyl (C=O) groups is 1. The van der Waals surface area contributed by atoms with Crippen molar-refractivity contribution >= 4 is 5.91 Å². The van der Waals surface area contributed by atoms with Crippen LogP contribution in [0, 0.1) is 6.92 Å². The Hall–Kier alpha value is -2.14. The minimum absolute atomic E-state index is 0.0495. The van der Waals surface area contributed by atoms with Gasteiger partial charge in [0.25, 0.3) is 0 Å². The lowest BCUT2D eigenvalue weighted by Crippen LogP contribution is -2.47. The number of fused-ring (bicyclic) bond motifs is 1. The molecular formula is C20H25N3O2. The van der Waals surface area contributed by atoms with Gasteiger partial charge in [0.05, 0.1) is 12.1 Å². The molecule has 2 fully saturated rings. The molecule has 1 aromatic heterocycles. The van der Waals surface area contributed by atoms with Crippen molar-refractivity contribution in [1.82, 2.24) is 15.2 Å². The van der Waals surface area contributed by atoms with E-state index in [-0.39, 0.29) is 18.4 Å². The summed E-state index contributed by atoms with van der Waals surface area (Å²) in [6.07, 6.45) is 5.11. The highest BCUT2D eigenvalue weighted by atomic mass is 16.4. The zero-order chi connectivity index (χ0) is 17.2.